The summed E-state index contributed by atoms with van der Waals surface area (Å²) in [7, 11) is 0. The second-order valence-electron chi connectivity index (χ2n) is 12.4. The number of nitrogens with one attached hydrogen (secondary N) is 1. The van der Waals surface area contributed by atoms with Crippen LogP contribution in [0.3, 0.4) is 0 Å². The molecule has 3 aliphatic rings. The monoisotopic (exact) mass is 716 g/mol. The van der Waals surface area contributed by atoms with Crippen molar-refractivity contribution >= 4 is 46.5 Å². The molecule has 50 heavy (non-hydrogen) atoms. The normalized spacial score (nSPS) is 19.6. The molecule has 1 aromatic carbocycles. The van der Waals surface area contributed by atoms with Gasteiger partial charge in [-0.3, -0.25) is 19.0 Å². The van der Waals surface area contributed by atoms with Gasteiger partial charge in [-0.05, 0) is 31.5 Å². The Morgan fingerprint density at radius 2 is 1.78 bits per heavy atom. The Balaban J connectivity index is 1.25. The number of aromatic nitrogens is 6. The van der Waals surface area contributed by atoms with Gasteiger partial charge in [-0.15, -0.1) is 5.10 Å². The number of ether oxygens (including phenoxy) is 1. The van der Waals surface area contributed by atoms with Crippen molar-refractivity contribution in [3.8, 4) is 5.75 Å². The number of benzene rings is 1. The Kier molecular flexibility index (Phi) is 8.53. The number of rotatable bonds is 5. The molecule has 3 aliphatic heterocycles. The van der Waals surface area contributed by atoms with E-state index in [2.05, 4.69) is 20.4 Å². The van der Waals surface area contributed by atoms with Gasteiger partial charge in [0.15, 0.2) is 11.4 Å². The molecule has 0 spiro atoms. The molecule has 2 fully saturated rings. The number of hydrogen-bond donors (Lipinski definition) is 2. The van der Waals surface area contributed by atoms with Crippen molar-refractivity contribution in [2.24, 2.45) is 0 Å². The van der Waals surface area contributed by atoms with Crippen molar-refractivity contribution in [2.75, 3.05) is 67.6 Å². The number of carbonyl (C=O) groups is 2. The first-order valence-electron chi connectivity index (χ1n) is 15.9. The average molecular weight is 717 g/mol. The van der Waals surface area contributed by atoms with Crippen LogP contribution < -0.4 is 20.7 Å². The lowest BCUT2D eigenvalue weighted by molar-refractivity contribution is -0.137. The smallest absolute Gasteiger partial charge is 0.416 e. The van der Waals surface area contributed by atoms with Gasteiger partial charge in [-0.1, -0.05) is 18.5 Å². The van der Waals surface area contributed by atoms with E-state index in [1.54, 1.807) is 11.5 Å². The van der Waals surface area contributed by atoms with E-state index in [4.69, 9.17) is 21.3 Å². The maximum Gasteiger partial charge on any atom is 0.416 e. The zero-order valence-corrected chi connectivity index (χ0v) is 27.7. The van der Waals surface area contributed by atoms with Crippen molar-refractivity contribution < 1.29 is 32.6 Å². The van der Waals surface area contributed by atoms with E-state index in [0.717, 1.165) is 18.2 Å². The highest BCUT2D eigenvalue weighted by molar-refractivity contribution is 6.33. The summed E-state index contributed by atoms with van der Waals surface area (Å²) in [6, 6.07) is 1.77. The topological polar surface area (TPSA) is 163 Å². The number of aromatic hydroxyl groups is 1. The third kappa shape index (κ3) is 5.85. The second-order valence-corrected chi connectivity index (χ2v) is 12.8. The molecule has 2 atom stereocenters. The third-order valence-corrected chi connectivity index (χ3v) is 9.60. The minimum absolute atomic E-state index is 0.00392. The highest BCUT2D eigenvalue weighted by Crippen LogP contribution is 2.42. The number of fused-ring (bicyclic) bond motifs is 3. The SMILES string of the molecule is Cc1ncnc(C(=O)N2CCN(c3c4n(c5nc(N6CCOCC6)nn5c3=O)C(C(=O)Nc3ccc(C(F)(F)F)cc3Cl)CC4C)CC2)c1O. The number of morpholine rings is 1. The number of amides is 2. The molecule has 2 saturated heterocycles. The molecule has 2 unspecified atom stereocenters. The molecular weight excluding hydrogens is 685 g/mol. The maximum atomic E-state index is 14.3. The quantitative estimate of drug-likeness (QED) is 0.312. The molecule has 7 rings (SSSR count). The van der Waals surface area contributed by atoms with Crippen LogP contribution in [0.1, 0.15) is 52.7 Å². The lowest BCUT2D eigenvalue weighted by atomic mass is 10.0. The molecule has 2 amide bonds. The second kappa shape index (κ2) is 12.7. The van der Waals surface area contributed by atoms with Crippen molar-refractivity contribution in [3.05, 3.63) is 62.5 Å². The van der Waals surface area contributed by atoms with E-state index >= 15 is 0 Å². The molecule has 15 nitrogen and oxygen atoms in total. The lowest BCUT2D eigenvalue weighted by Crippen LogP contribution is -2.51. The van der Waals surface area contributed by atoms with Gasteiger partial charge in [-0.2, -0.15) is 22.7 Å². The van der Waals surface area contributed by atoms with Crippen molar-refractivity contribution in [1.82, 2.24) is 34.0 Å². The fraction of sp³-hybridized carbons (Fsp3) is 0.452. The van der Waals surface area contributed by atoms with E-state index in [-0.39, 0.29) is 78.1 Å². The Bertz CT molecular complexity index is 2060. The van der Waals surface area contributed by atoms with Gasteiger partial charge in [-0.25, -0.2) is 9.97 Å². The Morgan fingerprint density at radius 3 is 2.46 bits per heavy atom. The number of nitrogens with zero attached hydrogens (tertiary/aromatic N) is 9. The van der Waals surface area contributed by atoms with Crippen LogP contribution in [0.2, 0.25) is 5.02 Å². The summed E-state index contributed by atoms with van der Waals surface area (Å²) >= 11 is 6.18. The number of anilines is 3. The number of halogens is 4. The molecule has 2 N–H and O–H groups in total. The van der Waals surface area contributed by atoms with Crippen LogP contribution in [0, 0.1) is 6.92 Å². The molecule has 0 saturated carbocycles. The first-order valence-corrected chi connectivity index (χ1v) is 16.3. The predicted molar refractivity (Wildman–Crippen MR) is 174 cm³/mol. The van der Waals surface area contributed by atoms with Crippen molar-refractivity contribution in [2.45, 2.75) is 38.4 Å². The summed E-state index contributed by atoms with van der Waals surface area (Å²) in [4.78, 5) is 59.3. The summed E-state index contributed by atoms with van der Waals surface area (Å²) in [6.07, 6.45) is -3.15. The van der Waals surface area contributed by atoms with Gasteiger partial charge >= 0.3 is 6.18 Å². The number of piperazine rings is 1. The van der Waals surface area contributed by atoms with Gasteiger partial charge in [0.2, 0.25) is 17.6 Å². The van der Waals surface area contributed by atoms with Crippen LogP contribution in [-0.4, -0.2) is 103 Å². The molecule has 264 valence electrons. The van der Waals surface area contributed by atoms with E-state index in [9.17, 15) is 32.7 Å². The maximum absolute atomic E-state index is 14.3. The highest BCUT2D eigenvalue weighted by atomic mass is 35.5. The molecule has 0 aliphatic carbocycles. The number of aryl methyl sites for hydroxylation is 1. The zero-order valence-electron chi connectivity index (χ0n) is 26.9. The van der Waals surface area contributed by atoms with Gasteiger partial charge in [0, 0.05) is 45.2 Å². The van der Waals surface area contributed by atoms with E-state index in [0.29, 0.717) is 37.7 Å². The average Bonchev–Trinajstić information content (AvgIpc) is 3.69. The highest BCUT2D eigenvalue weighted by Gasteiger charge is 2.41. The first-order chi connectivity index (χ1) is 23.8. The fourth-order valence-corrected chi connectivity index (χ4v) is 6.91. The van der Waals surface area contributed by atoms with Gasteiger partial charge in [0.25, 0.3) is 11.5 Å². The Hall–Kier alpha value is -4.97. The molecule has 0 bridgehead atoms. The van der Waals surface area contributed by atoms with Gasteiger partial charge in [0.1, 0.15) is 18.1 Å². The first kappa shape index (κ1) is 33.5. The van der Waals surface area contributed by atoms with E-state index in [1.807, 2.05) is 16.7 Å². The lowest BCUT2D eigenvalue weighted by Gasteiger charge is -2.36. The minimum Gasteiger partial charge on any atom is -0.504 e. The fourth-order valence-electron chi connectivity index (χ4n) is 6.68. The number of hydrogen-bond acceptors (Lipinski definition) is 11. The number of alkyl halides is 3. The van der Waals surface area contributed by atoms with Gasteiger partial charge < -0.3 is 29.9 Å². The van der Waals surface area contributed by atoms with E-state index in [1.165, 1.54) is 15.7 Å². The molecule has 0 radical (unpaired) electrons. The molecule has 19 heteroatoms. The van der Waals surface area contributed by atoms with Crippen LogP contribution in [0.15, 0.2) is 29.3 Å². The van der Waals surface area contributed by atoms with Gasteiger partial charge in [0.05, 0.1) is 40.9 Å². The van der Waals surface area contributed by atoms with Crippen molar-refractivity contribution in [1.29, 1.82) is 0 Å². The minimum atomic E-state index is -4.61. The molecular formula is C31H32ClF3N10O5. The van der Waals surface area contributed by atoms with Crippen LogP contribution in [0.25, 0.3) is 5.78 Å². The molecule has 3 aromatic heterocycles. The molecule has 6 heterocycles. The van der Waals surface area contributed by atoms with Crippen LogP contribution in [0.5, 0.6) is 5.75 Å². The summed E-state index contributed by atoms with van der Waals surface area (Å²) in [6.45, 7) is 6.24. The molecule has 4 aromatic rings. The summed E-state index contributed by atoms with van der Waals surface area (Å²) in [5.41, 5.74) is -0.373. The van der Waals surface area contributed by atoms with Crippen LogP contribution in [0.4, 0.5) is 30.5 Å². The zero-order chi connectivity index (χ0) is 35.5. The summed E-state index contributed by atoms with van der Waals surface area (Å²) in [5, 5.41) is 17.3. The predicted octanol–water partition coefficient (Wildman–Crippen LogP) is 2.85. The standard InChI is InChI=1S/C31H32ClF3N10O5/c1-16-13-21(26(47)38-20-4-3-18(14-19(20)32)31(33,34)35)44-23(16)24(28(49)45-30(44)39-29(40-45)43-9-11-50-12-10-43)41-5-7-42(8-6-41)27(48)22-25(46)17(2)36-15-37-22/h3-4,14-16,21,46H,5-13H2,1-2H3,(H,38,47). The largest absolute Gasteiger partial charge is 0.504 e. The third-order valence-electron chi connectivity index (χ3n) is 9.29. The number of carbonyl (C=O) groups excluding carboxylic acids is 2. The Labute approximate surface area is 287 Å². The van der Waals surface area contributed by atoms with Crippen LogP contribution in [-0.2, 0) is 15.7 Å². The van der Waals surface area contributed by atoms with Crippen molar-refractivity contribution in [3.63, 3.8) is 0 Å². The Morgan fingerprint density at radius 1 is 1.06 bits per heavy atom. The summed E-state index contributed by atoms with van der Waals surface area (Å²) < 4.78 is 48.1. The van der Waals surface area contributed by atoms with E-state index < -0.39 is 35.2 Å². The summed E-state index contributed by atoms with van der Waals surface area (Å²) in [5.74, 6) is -1.22. The van der Waals surface area contributed by atoms with Crippen LogP contribution >= 0.6 is 11.6 Å².